The smallest absolute Gasteiger partial charge is 0.257 e. The second-order valence-corrected chi connectivity index (χ2v) is 5.58. The molecule has 0 fully saturated rings. The summed E-state index contributed by atoms with van der Waals surface area (Å²) in [5.74, 6) is 2.80. The first-order chi connectivity index (χ1) is 13.7. The van der Waals surface area contributed by atoms with Crippen molar-refractivity contribution in [3.63, 3.8) is 0 Å². The summed E-state index contributed by atoms with van der Waals surface area (Å²) in [6.07, 6.45) is 1.57. The van der Waals surface area contributed by atoms with Crippen LogP contribution in [0.5, 0.6) is 17.2 Å². The lowest BCUT2D eigenvalue weighted by molar-refractivity contribution is 0.112. The number of hydrogen-bond donors (Lipinski definition) is 0. The van der Waals surface area contributed by atoms with Gasteiger partial charge < -0.3 is 23.5 Å². The summed E-state index contributed by atoms with van der Waals surface area (Å²) in [5.41, 5.74) is 1.61. The summed E-state index contributed by atoms with van der Waals surface area (Å²) in [6, 6.07) is 12.8. The predicted octanol–water partition coefficient (Wildman–Crippen LogP) is 3.70. The summed E-state index contributed by atoms with van der Waals surface area (Å²) >= 11 is 0. The molecule has 8 nitrogen and oxygen atoms in total. The van der Waals surface area contributed by atoms with Gasteiger partial charge in [-0.2, -0.15) is 0 Å². The Labute approximate surface area is 162 Å². The van der Waals surface area contributed by atoms with Crippen molar-refractivity contribution in [3.8, 4) is 28.7 Å². The number of ether oxygens (including phenoxy) is 3. The highest BCUT2D eigenvalue weighted by Gasteiger charge is 2.09. The second-order valence-electron chi connectivity index (χ2n) is 5.58. The van der Waals surface area contributed by atoms with Crippen LogP contribution >= 0.6 is 0 Å². The van der Waals surface area contributed by atoms with Crippen molar-refractivity contribution in [2.75, 3.05) is 20.8 Å². The van der Waals surface area contributed by atoms with E-state index in [9.17, 15) is 0 Å². The molecule has 0 spiro atoms. The zero-order chi connectivity index (χ0) is 19.8. The topological polar surface area (TPSA) is 88.2 Å². The fourth-order valence-electron chi connectivity index (χ4n) is 2.39. The molecular formula is C20H21N3O5. The molecule has 0 saturated carbocycles. The highest BCUT2D eigenvalue weighted by Crippen LogP contribution is 2.27. The fraction of sp³-hybridized carbons (Fsp3) is 0.250. The maximum absolute atomic E-state index is 5.58. The van der Waals surface area contributed by atoms with Crippen molar-refractivity contribution in [2.24, 2.45) is 5.16 Å². The average molecular weight is 383 g/mol. The fourth-order valence-corrected chi connectivity index (χ4v) is 2.39. The van der Waals surface area contributed by atoms with Crippen molar-refractivity contribution in [1.82, 2.24) is 10.2 Å². The van der Waals surface area contributed by atoms with Gasteiger partial charge in [-0.05, 0) is 49.4 Å². The Morgan fingerprint density at radius 1 is 1.00 bits per heavy atom. The quantitative estimate of drug-likeness (QED) is 0.411. The van der Waals surface area contributed by atoms with Gasteiger partial charge in [0.05, 0.1) is 27.0 Å². The summed E-state index contributed by atoms with van der Waals surface area (Å²) < 4.78 is 21.5. The third kappa shape index (κ3) is 4.79. The molecule has 1 heterocycles. The molecule has 3 aromatic rings. The molecule has 0 aliphatic carbocycles. The lowest BCUT2D eigenvalue weighted by Crippen LogP contribution is -1.96. The first kappa shape index (κ1) is 19.2. The number of benzene rings is 2. The van der Waals surface area contributed by atoms with Crippen molar-refractivity contribution in [2.45, 2.75) is 13.5 Å². The summed E-state index contributed by atoms with van der Waals surface area (Å²) in [4.78, 5) is 5.24. The highest BCUT2D eigenvalue weighted by molar-refractivity contribution is 5.80. The molecule has 8 heteroatoms. The number of oxime groups is 1. The number of aromatic nitrogens is 2. The molecule has 0 amide bonds. The van der Waals surface area contributed by atoms with Crippen LogP contribution in [-0.2, 0) is 11.4 Å². The van der Waals surface area contributed by atoms with E-state index in [2.05, 4.69) is 15.4 Å². The predicted molar refractivity (Wildman–Crippen MR) is 103 cm³/mol. The van der Waals surface area contributed by atoms with Crippen LogP contribution in [0.1, 0.15) is 18.4 Å². The summed E-state index contributed by atoms with van der Waals surface area (Å²) in [7, 11) is 3.20. The van der Waals surface area contributed by atoms with Gasteiger partial charge in [0.1, 0.15) is 5.75 Å². The molecule has 0 bridgehead atoms. The van der Waals surface area contributed by atoms with E-state index in [-0.39, 0.29) is 6.61 Å². The van der Waals surface area contributed by atoms with E-state index in [1.807, 2.05) is 49.4 Å². The highest BCUT2D eigenvalue weighted by atomic mass is 16.6. The SMILES string of the molecule is CCOc1ccc(/C=N/OCc2nnc(-c3ccc(OC)cc3)o2)cc1OC. The molecule has 0 aliphatic heterocycles. The zero-order valence-electron chi connectivity index (χ0n) is 15.9. The van der Waals surface area contributed by atoms with Crippen LogP contribution in [-0.4, -0.2) is 37.2 Å². The number of hydrogen-bond acceptors (Lipinski definition) is 8. The molecule has 146 valence electrons. The number of nitrogens with zero attached hydrogens (tertiary/aromatic N) is 3. The Kier molecular flexibility index (Phi) is 6.46. The van der Waals surface area contributed by atoms with Gasteiger partial charge in [-0.25, -0.2) is 0 Å². The van der Waals surface area contributed by atoms with Gasteiger partial charge in [0, 0.05) is 11.1 Å². The van der Waals surface area contributed by atoms with Crippen molar-refractivity contribution < 1.29 is 23.5 Å². The van der Waals surface area contributed by atoms with E-state index in [4.69, 9.17) is 23.5 Å². The first-order valence-corrected chi connectivity index (χ1v) is 8.66. The van der Waals surface area contributed by atoms with Crippen molar-refractivity contribution in [3.05, 3.63) is 53.9 Å². The minimum atomic E-state index is 0.0633. The Morgan fingerprint density at radius 3 is 2.54 bits per heavy atom. The molecule has 3 rings (SSSR count). The molecule has 1 aromatic heterocycles. The minimum Gasteiger partial charge on any atom is -0.497 e. The largest absolute Gasteiger partial charge is 0.497 e. The van der Waals surface area contributed by atoms with Crippen molar-refractivity contribution in [1.29, 1.82) is 0 Å². The lowest BCUT2D eigenvalue weighted by Gasteiger charge is -2.09. The molecule has 28 heavy (non-hydrogen) atoms. The maximum Gasteiger partial charge on any atom is 0.257 e. The van der Waals surface area contributed by atoms with Gasteiger partial charge in [-0.1, -0.05) is 5.16 Å². The molecule has 0 saturated heterocycles. The normalized spacial score (nSPS) is 10.8. The van der Waals surface area contributed by atoms with Crippen molar-refractivity contribution >= 4 is 6.21 Å². The summed E-state index contributed by atoms with van der Waals surface area (Å²) in [6.45, 7) is 2.55. The van der Waals surface area contributed by atoms with Crippen LogP contribution in [0.2, 0.25) is 0 Å². The molecule has 0 atom stereocenters. The van der Waals surface area contributed by atoms with E-state index < -0.39 is 0 Å². The molecule has 0 unspecified atom stereocenters. The Hall–Kier alpha value is -3.55. The average Bonchev–Trinajstić information content (AvgIpc) is 3.21. The maximum atomic E-state index is 5.58. The van der Waals surface area contributed by atoms with E-state index in [0.717, 1.165) is 16.9 Å². The third-order valence-corrected chi connectivity index (χ3v) is 3.76. The zero-order valence-corrected chi connectivity index (χ0v) is 15.9. The monoisotopic (exact) mass is 383 g/mol. The van der Waals surface area contributed by atoms with E-state index >= 15 is 0 Å². The standard InChI is InChI=1S/C20H21N3O5/c1-4-26-17-10-5-14(11-18(17)25-3)12-21-27-13-19-22-23-20(28-19)15-6-8-16(24-2)9-7-15/h5-12H,4,13H2,1-3H3/b21-12+. The Balaban J connectivity index is 1.57. The van der Waals surface area contributed by atoms with Crippen LogP contribution in [0.4, 0.5) is 0 Å². The molecule has 0 radical (unpaired) electrons. The number of rotatable bonds is 9. The molecule has 0 aliphatic rings. The van der Waals surface area contributed by atoms with Gasteiger partial charge >= 0.3 is 0 Å². The molecule has 0 N–H and O–H groups in total. The third-order valence-electron chi connectivity index (χ3n) is 3.76. The summed E-state index contributed by atoms with van der Waals surface area (Å²) in [5, 5.41) is 11.9. The van der Waals surface area contributed by atoms with Gasteiger partial charge in [-0.15, -0.1) is 10.2 Å². The first-order valence-electron chi connectivity index (χ1n) is 8.66. The molecule has 2 aromatic carbocycles. The van der Waals surface area contributed by atoms with Crippen LogP contribution in [0, 0.1) is 0 Å². The van der Waals surface area contributed by atoms with E-state index in [0.29, 0.717) is 29.9 Å². The van der Waals surface area contributed by atoms with Gasteiger partial charge in [0.15, 0.2) is 18.1 Å². The van der Waals surface area contributed by atoms with Crippen LogP contribution < -0.4 is 14.2 Å². The van der Waals surface area contributed by atoms with Crippen LogP contribution in [0.15, 0.2) is 52.0 Å². The molecular weight excluding hydrogens is 362 g/mol. The lowest BCUT2D eigenvalue weighted by atomic mass is 10.2. The van der Waals surface area contributed by atoms with Crippen LogP contribution in [0.25, 0.3) is 11.5 Å². The number of methoxy groups -OCH3 is 2. The Bertz CT molecular complexity index is 922. The van der Waals surface area contributed by atoms with E-state index in [1.165, 1.54) is 0 Å². The van der Waals surface area contributed by atoms with Gasteiger partial charge in [-0.3, -0.25) is 0 Å². The van der Waals surface area contributed by atoms with Crippen LogP contribution in [0.3, 0.4) is 0 Å². The second kappa shape index (κ2) is 9.40. The van der Waals surface area contributed by atoms with Gasteiger partial charge in [0.25, 0.3) is 5.89 Å². The Morgan fingerprint density at radius 2 is 1.82 bits per heavy atom. The van der Waals surface area contributed by atoms with E-state index in [1.54, 1.807) is 20.4 Å². The van der Waals surface area contributed by atoms with Gasteiger partial charge in [0.2, 0.25) is 5.89 Å². The minimum absolute atomic E-state index is 0.0633.